The molecular formula is C15H25N3O2S. The number of likely N-dealkylation sites (N-methyl/N-ethyl adjacent to an activating group) is 1. The van der Waals surface area contributed by atoms with E-state index in [0.717, 1.165) is 30.5 Å². The fraction of sp³-hybridized carbons (Fsp3) is 0.600. The van der Waals surface area contributed by atoms with Gasteiger partial charge in [-0.15, -0.1) is 0 Å². The second-order valence-electron chi connectivity index (χ2n) is 5.58. The van der Waals surface area contributed by atoms with Gasteiger partial charge in [0.25, 0.3) is 0 Å². The van der Waals surface area contributed by atoms with E-state index < -0.39 is 10.2 Å². The molecule has 1 saturated heterocycles. The van der Waals surface area contributed by atoms with Gasteiger partial charge in [0.15, 0.2) is 0 Å². The van der Waals surface area contributed by atoms with Gasteiger partial charge in [-0.05, 0) is 38.4 Å². The van der Waals surface area contributed by atoms with Crippen molar-refractivity contribution in [2.75, 3.05) is 31.5 Å². The molecule has 1 atom stereocenters. The Morgan fingerprint density at radius 2 is 2.05 bits per heavy atom. The van der Waals surface area contributed by atoms with Gasteiger partial charge in [-0.2, -0.15) is 12.7 Å². The lowest BCUT2D eigenvalue weighted by atomic mass is 10.1. The molecule has 1 aliphatic heterocycles. The Kier molecular flexibility index (Phi) is 5.24. The molecule has 0 spiro atoms. The number of aryl methyl sites for hydroxylation is 1. The minimum absolute atomic E-state index is 0.0419. The van der Waals surface area contributed by atoms with Gasteiger partial charge in [0.2, 0.25) is 0 Å². The highest BCUT2D eigenvalue weighted by Gasteiger charge is 2.35. The summed E-state index contributed by atoms with van der Waals surface area (Å²) in [4.78, 5) is 0. The minimum Gasteiger partial charge on any atom is -0.318 e. The lowest BCUT2D eigenvalue weighted by Crippen LogP contribution is -2.52. The summed E-state index contributed by atoms with van der Waals surface area (Å²) >= 11 is 0. The molecular weight excluding hydrogens is 286 g/mol. The average Bonchev–Trinajstić information content (AvgIpc) is 2.48. The smallest absolute Gasteiger partial charge is 0.304 e. The van der Waals surface area contributed by atoms with Gasteiger partial charge in [-0.1, -0.05) is 24.6 Å². The second-order valence-corrected chi connectivity index (χ2v) is 7.49. The molecule has 118 valence electrons. The summed E-state index contributed by atoms with van der Waals surface area (Å²) in [7, 11) is 0.0248. The van der Waals surface area contributed by atoms with E-state index in [0.29, 0.717) is 13.1 Å². The molecule has 0 aliphatic carbocycles. The van der Waals surface area contributed by atoms with E-state index in [2.05, 4.69) is 5.32 Å². The van der Waals surface area contributed by atoms with Crippen LogP contribution in [0.1, 0.15) is 24.8 Å². The monoisotopic (exact) mass is 311 g/mol. The first kappa shape index (κ1) is 16.3. The van der Waals surface area contributed by atoms with E-state index in [-0.39, 0.29) is 6.04 Å². The number of para-hydroxylation sites is 1. The summed E-state index contributed by atoms with van der Waals surface area (Å²) in [6, 6.07) is 7.62. The van der Waals surface area contributed by atoms with Crippen LogP contribution in [0.25, 0.3) is 0 Å². The predicted molar refractivity (Wildman–Crippen MR) is 86.8 cm³/mol. The molecule has 1 fully saturated rings. The summed E-state index contributed by atoms with van der Waals surface area (Å²) in [6.45, 7) is 3.23. The zero-order valence-corrected chi connectivity index (χ0v) is 13.9. The lowest BCUT2D eigenvalue weighted by Gasteiger charge is -2.37. The molecule has 0 radical (unpaired) electrons. The van der Waals surface area contributed by atoms with Crippen LogP contribution in [0.5, 0.6) is 0 Å². The van der Waals surface area contributed by atoms with Crippen molar-refractivity contribution in [3.8, 4) is 0 Å². The Hall–Kier alpha value is -1.11. The molecule has 2 rings (SSSR count). The van der Waals surface area contributed by atoms with Gasteiger partial charge in [0, 0.05) is 26.2 Å². The first-order valence-electron chi connectivity index (χ1n) is 7.44. The van der Waals surface area contributed by atoms with Crippen molar-refractivity contribution in [1.29, 1.82) is 0 Å². The molecule has 1 unspecified atom stereocenters. The Morgan fingerprint density at radius 3 is 2.71 bits per heavy atom. The van der Waals surface area contributed by atoms with Crippen LogP contribution in [0.4, 0.5) is 5.69 Å². The molecule has 1 aromatic rings. The summed E-state index contributed by atoms with van der Waals surface area (Å²) in [5.41, 5.74) is 1.71. The van der Waals surface area contributed by atoms with Crippen LogP contribution in [-0.2, 0) is 10.2 Å². The molecule has 6 heteroatoms. The lowest BCUT2D eigenvalue weighted by molar-refractivity contribution is 0.248. The molecule has 5 nitrogen and oxygen atoms in total. The van der Waals surface area contributed by atoms with Crippen molar-refractivity contribution >= 4 is 15.9 Å². The number of nitrogens with one attached hydrogen (secondary N) is 1. The van der Waals surface area contributed by atoms with Crippen LogP contribution in [-0.4, -0.2) is 45.9 Å². The van der Waals surface area contributed by atoms with Gasteiger partial charge in [0.1, 0.15) is 0 Å². The average molecular weight is 311 g/mol. The maximum absolute atomic E-state index is 12.9. The van der Waals surface area contributed by atoms with E-state index in [1.807, 2.05) is 38.2 Å². The predicted octanol–water partition coefficient (Wildman–Crippen LogP) is 1.75. The highest BCUT2D eigenvalue weighted by atomic mass is 32.2. The van der Waals surface area contributed by atoms with Crippen molar-refractivity contribution in [1.82, 2.24) is 9.62 Å². The number of rotatable bonds is 5. The van der Waals surface area contributed by atoms with Gasteiger partial charge >= 0.3 is 10.2 Å². The fourth-order valence-electron chi connectivity index (χ4n) is 2.92. The summed E-state index contributed by atoms with van der Waals surface area (Å²) in [5.74, 6) is 0. The quantitative estimate of drug-likeness (QED) is 0.901. The van der Waals surface area contributed by atoms with Gasteiger partial charge in [0.05, 0.1) is 5.69 Å². The van der Waals surface area contributed by atoms with E-state index >= 15 is 0 Å². The first-order valence-corrected chi connectivity index (χ1v) is 8.84. The third-order valence-corrected chi connectivity index (χ3v) is 6.07. The maximum atomic E-state index is 12.9. The molecule has 1 N–H and O–H groups in total. The van der Waals surface area contributed by atoms with Crippen LogP contribution in [0, 0.1) is 6.92 Å². The van der Waals surface area contributed by atoms with Crippen LogP contribution in [0.15, 0.2) is 24.3 Å². The molecule has 1 aliphatic rings. The zero-order valence-electron chi connectivity index (χ0n) is 13.0. The number of benzene rings is 1. The third-order valence-electron chi connectivity index (χ3n) is 4.11. The SMILES string of the molecule is CNCC1CCCCN1S(=O)(=O)N(C)c1ccccc1C. The Balaban J connectivity index is 2.29. The highest BCUT2D eigenvalue weighted by Crippen LogP contribution is 2.27. The number of hydrogen-bond donors (Lipinski definition) is 1. The number of nitrogens with zero attached hydrogens (tertiary/aromatic N) is 2. The molecule has 1 heterocycles. The number of piperidine rings is 1. The largest absolute Gasteiger partial charge is 0.318 e. The van der Waals surface area contributed by atoms with Crippen molar-refractivity contribution in [3.63, 3.8) is 0 Å². The van der Waals surface area contributed by atoms with Gasteiger partial charge in [-0.3, -0.25) is 4.31 Å². The van der Waals surface area contributed by atoms with Crippen molar-refractivity contribution in [2.45, 2.75) is 32.2 Å². The maximum Gasteiger partial charge on any atom is 0.304 e. The van der Waals surface area contributed by atoms with E-state index in [1.54, 1.807) is 11.4 Å². The zero-order chi connectivity index (χ0) is 15.5. The molecule has 0 saturated carbocycles. The van der Waals surface area contributed by atoms with Gasteiger partial charge < -0.3 is 5.32 Å². The second kappa shape index (κ2) is 6.77. The molecule has 0 aromatic heterocycles. The summed E-state index contributed by atoms with van der Waals surface area (Å²) < 4.78 is 29.0. The van der Waals surface area contributed by atoms with E-state index in [1.165, 1.54) is 4.31 Å². The number of hydrogen-bond acceptors (Lipinski definition) is 3. The fourth-order valence-corrected chi connectivity index (χ4v) is 4.60. The van der Waals surface area contributed by atoms with Crippen LogP contribution < -0.4 is 9.62 Å². The molecule has 21 heavy (non-hydrogen) atoms. The standard InChI is InChI=1S/C15H25N3O2S/c1-13-8-4-5-10-15(13)17(3)21(19,20)18-11-7-6-9-14(18)12-16-2/h4-5,8,10,14,16H,6-7,9,11-12H2,1-3H3. The Labute approximate surface area is 128 Å². The molecule has 0 bridgehead atoms. The van der Waals surface area contributed by atoms with Crippen molar-refractivity contribution in [2.24, 2.45) is 0 Å². The van der Waals surface area contributed by atoms with Crippen LogP contribution >= 0.6 is 0 Å². The first-order chi connectivity index (χ1) is 9.98. The van der Waals surface area contributed by atoms with E-state index in [9.17, 15) is 8.42 Å². The highest BCUT2D eigenvalue weighted by molar-refractivity contribution is 7.90. The third kappa shape index (κ3) is 3.39. The summed E-state index contributed by atoms with van der Waals surface area (Å²) in [5, 5.41) is 3.10. The number of anilines is 1. The van der Waals surface area contributed by atoms with Crippen molar-refractivity contribution < 1.29 is 8.42 Å². The Morgan fingerprint density at radius 1 is 1.33 bits per heavy atom. The minimum atomic E-state index is -3.48. The normalized spacial score (nSPS) is 20.4. The topological polar surface area (TPSA) is 52.7 Å². The summed E-state index contributed by atoms with van der Waals surface area (Å²) in [6.07, 6.45) is 2.94. The van der Waals surface area contributed by atoms with Gasteiger partial charge in [-0.25, -0.2) is 0 Å². The van der Waals surface area contributed by atoms with Crippen molar-refractivity contribution in [3.05, 3.63) is 29.8 Å². The Bertz CT molecular complexity index is 572. The molecule has 0 amide bonds. The van der Waals surface area contributed by atoms with Crippen LogP contribution in [0.3, 0.4) is 0 Å². The van der Waals surface area contributed by atoms with E-state index in [4.69, 9.17) is 0 Å². The molecule has 1 aromatic carbocycles. The van der Waals surface area contributed by atoms with Crippen LogP contribution in [0.2, 0.25) is 0 Å².